The number of rotatable bonds is 1. The van der Waals surface area contributed by atoms with Crippen molar-refractivity contribution in [3.63, 3.8) is 0 Å². The van der Waals surface area contributed by atoms with Crippen molar-refractivity contribution in [2.45, 2.75) is 38.1 Å². The van der Waals surface area contributed by atoms with E-state index in [1.54, 1.807) is 20.8 Å². The molecule has 0 aromatic heterocycles. The van der Waals surface area contributed by atoms with Gasteiger partial charge in [0.15, 0.2) is 4.30 Å². The van der Waals surface area contributed by atoms with Crippen LogP contribution in [0.2, 0.25) is 0 Å². The number of aliphatic hydroxyl groups is 1. The fourth-order valence-electron chi connectivity index (χ4n) is 0.203. The van der Waals surface area contributed by atoms with Crippen LogP contribution in [0.4, 0.5) is 0 Å². The third kappa shape index (κ3) is 202. The summed E-state index contributed by atoms with van der Waals surface area (Å²) in [4.78, 5) is 9.82. The molecule has 0 aromatic rings. The van der Waals surface area contributed by atoms with Crippen LogP contribution < -0.4 is 0 Å². The molecule has 0 bridgehead atoms. The lowest BCUT2D eigenvalue weighted by molar-refractivity contribution is -0.140. The van der Waals surface area contributed by atoms with Crippen LogP contribution in [0.15, 0.2) is 0 Å². The van der Waals surface area contributed by atoms with E-state index in [0.717, 1.165) is 0 Å². The molecule has 0 spiro atoms. The summed E-state index contributed by atoms with van der Waals surface area (Å²) in [6, 6.07) is 0. The van der Waals surface area contributed by atoms with E-state index in [0.29, 0.717) is 6.61 Å². The Hall–Kier alpha value is 0.260. The van der Waals surface area contributed by atoms with Crippen LogP contribution in [0, 0.1) is 0 Å². The molecule has 0 aliphatic heterocycles. The highest BCUT2D eigenvalue weighted by Gasteiger charge is 1.81. The van der Waals surface area contributed by atoms with Crippen LogP contribution in [0.25, 0.3) is 0 Å². The molecular formula is C8H19Cl3O4. The second kappa shape index (κ2) is 19.8. The first-order valence-corrected chi connectivity index (χ1v) is 5.28. The summed E-state index contributed by atoms with van der Waals surface area (Å²) in [7, 11) is 0. The minimum atomic E-state index is -0.750. The molecule has 7 heteroatoms. The first-order chi connectivity index (χ1) is 6.23. The number of alkyl halides is 3. The molecule has 0 amide bonds. The van der Waals surface area contributed by atoms with Crippen molar-refractivity contribution in [3.05, 3.63) is 0 Å². The first kappa shape index (κ1) is 24.5. The summed E-state index contributed by atoms with van der Waals surface area (Å²) in [5.74, 6) is -0.211. The Balaban J connectivity index is -0.0000000606. The molecule has 3 N–H and O–H groups in total. The molecular weight excluding hydrogens is 266 g/mol. The number of carbonyl (C=O) groups is 1. The summed E-state index contributed by atoms with van der Waals surface area (Å²) in [6.07, 6.45) is -0.167. The van der Waals surface area contributed by atoms with Gasteiger partial charge in [-0.2, -0.15) is 0 Å². The van der Waals surface area contributed by atoms with Crippen molar-refractivity contribution >= 4 is 40.8 Å². The minimum absolute atomic E-state index is 0. The molecule has 0 aromatic carbocycles. The number of halogens is 3. The van der Waals surface area contributed by atoms with Crippen LogP contribution in [-0.2, 0) is 9.53 Å². The predicted molar refractivity (Wildman–Crippen MR) is 64.6 cm³/mol. The molecule has 0 saturated heterocycles. The number of hydrogen-bond donors (Lipinski definition) is 1. The van der Waals surface area contributed by atoms with Gasteiger partial charge in [0.05, 0.1) is 6.61 Å². The summed E-state index contributed by atoms with van der Waals surface area (Å²) in [5.41, 5.74) is 0. The average Bonchev–Trinajstić information content (AvgIpc) is 1.82. The monoisotopic (exact) mass is 284 g/mol. The number of ether oxygens (including phenoxy) is 1. The maximum Gasteiger partial charge on any atom is 0.302 e. The molecule has 0 aliphatic rings. The number of carbonyl (C=O) groups excluding carboxylic acids is 1. The average molecular weight is 286 g/mol. The lowest BCUT2D eigenvalue weighted by Gasteiger charge is -1.89. The Morgan fingerprint density at radius 1 is 1.33 bits per heavy atom. The van der Waals surface area contributed by atoms with E-state index in [9.17, 15) is 4.79 Å². The Kier molecular flexibility index (Phi) is 32.3. The molecule has 0 saturated carbocycles. The smallest absolute Gasteiger partial charge is 0.302 e. The standard InChI is InChI=1S/C4H8O2.C3H8O.CHCl3.H2O/c1-3-6-4(2)5;1-3(2)4;2-1(3)4;/h3H2,1-2H3;3-4H,1-2H3;1H;1H2. The van der Waals surface area contributed by atoms with Crippen LogP contribution in [-0.4, -0.2) is 33.6 Å². The van der Waals surface area contributed by atoms with E-state index < -0.39 is 4.30 Å². The van der Waals surface area contributed by atoms with Gasteiger partial charge in [-0.05, 0) is 20.8 Å². The van der Waals surface area contributed by atoms with Gasteiger partial charge in [0, 0.05) is 13.0 Å². The number of esters is 1. The third-order valence-electron chi connectivity index (χ3n) is 0.348. The van der Waals surface area contributed by atoms with Crippen molar-refractivity contribution in [2.24, 2.45) is 0 Å². The van der Waals surface area contributed by atoms with Gasteiger partial charge in [-0.3, -0.25) is 4.79 Å². The largest absolute Gasteiger partial charge is 0.466 e. The molecule has 0 atom stereocenters. The van der Waals surface area contributed by atoms with Gasteiger partial charge < -0.3 is 15.3 Å². The van der Waals surface area contributed by atoms with Gasteiger partial charge in [0.2, 0.25) is 0 Å². The summed E-state index contributed by atoms with van der Waals surface area (Å²) in [6.45, 7) is 7.10. The fourth-order valence-corrected chi connectivity index (χ4v) is 0.203. The summed E-state index contributed by atoms with van der Waals surface area (Å²) in [5, 5.41) is 8.06. The van der Waals surface area contributed by atoms with E-state index in [2.05, 4.69) is 4.74 Å². The molecule has 96 valence electrons. The van der Waals surface area contributed by atoms with Gasteiger partial charge in [0.25, 0.3) is 0 Å². The SMILES string of the molecule is CC(C)O.CCOC(C)=O.ClC(Cl)Cl.O. The third-order valence-corrected chi connectivity index (χ3v) is 0.348. The van der Waals surface area contributed by atoms with Crippen molar-refractivity contribution in [1.29, 1.82) is 0 Å². The molecule has 0 aliphatic carbocycles. The van der Waals surface area contributed by atoms with Crippen LogP contribution >= 0.6 is 34.8 Å². The Morgan fingerprint density at radius 3 is 1.53 bits per heavy atom. The first-order valence-electron chi connectivity index (χ1n) is 3.97. The van der Waals surface area contributed by atoms with Crippen molar-refractivity contribution in [2.75, 3.05) is 6.61 Å². The lowest BCUT2D eigenvalue weighted by atomic mass is 10.5. The van der Waals surface area contributed by atoms with Gasteiger partial charge in [-0.1, -0.05) is 34.8 Å². The summed E-state index contributed by atoms with van der Waals surface area (Å²) >= 11 is 14.4. The molecule has 4 nitrogen and oxygen atoms in total. The molecule has 0 rings (SSSR count). The maximum absolute atomic E-state index is 9.82. The van der Waals surface area contributed by atoms with E-state index in [-0.39, 0.29) is 17.5 Å². The topological polar surface area (TPSA) is 78.0 Å². The Morgan fingerprint density at radius 2 is 1.53 bits per heavy atom. The zero-order valence-electron chi connectivity index (χ0n) is 9.26. The van der Waals surface area contributed by atoms with E-state index in [4.69, 9.17) is 39.9 Å². The molecule has 15 heavy (non-hydrogen) atoms. The van der Waals surface area contributed by atoms with Crippen LogP contribution in [0.5, 0.6) is 0 Å². The van der Waals surface area contributed by atoms with Crippen molar-refractivity contribution < 1.29 is 20.1 Å². The van der Waals surface area contributed by atoms with Crippen LogP contribution in [0.1, 0.15) is 27.7 Å². The second-order valence-corrected chi connectivity index (χ2v) is 4.25. The van der Waals surface area contributed by atoms with Gasteiger partial charge >= 0.3 is 5.97 Å². The minimum Gasteiger partial charge on any atom is -0.466 e. The quantitative estimate of drug-likeness (QED) is 0.592. The molecule has 0 unspecified atom stereocenters. The number of aliphatic hydroxyl groups excluding tert-OH is 1. The van der Waals surface area contributed by atoms with E-state index in [1.165, 1.54) is 6.92 Å². The second-order valence-electron chi connectivity index (χ2n) is 2.27. The van der Waals surface area contributed by atoms with E-state index >= 15 is 0 Å². The highest BCUT2D eigenvalue weighted by Crippen LogP contribution is 2.03. The molecule has 0 heterocycles. The molecule has 0 fully saturated rings. The Labute approximate surface area is 106 Å². The Bertz CT molecular complexity index is 109. The zero-order chi connectivity index (χ0) is 12.1. The zero-order valence-corrected chi connectivity index (χ0v) is 11.5. The molecule has 0 radical (unpaired) electrons. The van der Waals surface area contributed by atoms with E-state index in [1.807, 2.05) is 0 Å². The highest BCUT2D eigenvalue weighted by atomic mass is 35.6. The van der Waals surface area contributed by atoms with Crippen molar-refractivity contribution in [1.82, 2.24) is 0 Å². The van der Waals surface area contributed by atoms with Gasteiger partial charge in [0.1, 0.15) is 0 Å². The van der Waals surface area contributed by atoms with Gasteiger partial charge in [-0.15, -0.1) is 0 Å². The lowest BCUT2D eigenvalue weighted by Crippen LogP contribution is -1.95. The normalized spacial score (nSPS) is 7.87. The highest BCUT2D eigenvalue weighted by molar-refractivity contribution is 6.63. The maximum atomic E-state index is 9.82. The summed E-state index contributed by atoms with van der Waals surface area (Å²) < 4.78 is 3.65. The number of hydrogen-bond acceptors (Lipinski definition) is 3. The van der Waals surface area contributed by atoms with Crippen LogP contribution in [0.3, 0.4) is 0 Å². The van der Waals surface area contributed by atoms with Gasteiger partial charge in [-0.25, -0.2) is 0 Å². The fraction of sp³-hybridized carbons (Fsp3) is 0.875. The predicted octanol–water partition coefficient (Wildman–Crippen LogP) is 2.12. The van der Waals surface area contributed by atoms with Crippen molar-refractivity contribution in [3.8, 4) is 0 Å².